The summed E-state index contributed by atoms with van der Waals surface area (Å²) >= 11 is 13.6. The number of pyridine rings is 1. The Morgan fingerprint density at radius 3 is 2.63 bits per heavy atom. The van der Waals surface area contributed by atoms with E-state index in [4.69, 9.17) is 23.2 Å². The van der Waals surface area contributed by atoms with Gasteiger partial charge in [-0.1, -0.05) is 23.2 Å². The van der Waals surface area contributed by atoms with Gasteiger partial charge in [-0.05, 0) is 57.0 Å². The van der Waals surface area contributed by atoms with E-state index in [1.54, 1.807) is 12.3 Å². The van der Waals surface area contributed by atoms with E-state index in [2.05, 4.69) is 30.2 Å². The van der Waals surface area contributed by atoms with Crippen LogP contribution in [0.5, 0.6) is 0 Å². The summed E-state index contributed by atoms with van der Waals surface area (Å²) in [5.41, 5.74) is 1.63. The molecule has 0 bridgehead atoms. The molecule has 0 spiro atoms. The maximum atomic E-state index is 6.15. The first-order valence-corrected chi connectivity index (χ1v) is 7.35. The Morgan fingerprint density at radius 2 is 1.95 bits per heavy atom. The molecule has 0 radical (unpaired) electrons. The summed E-state index contributed by atoms with van der Waals surface area (Å²) in [5.74, 6) is 0. The van der Waals surface area contributed by atoms with E-state index in [0.717, 1.165) is 16.5 Å². The number of fused-ring (bicyclic) bond motifs is 1. The van der Waals surface area contributed by atoms with E-state index in [1.165, 1.54) is 11.9 Å². The molecule has 0 N–H and O–H groups in total. The summed E-state index contributed by atoms with van der Waals surface area (Å²) in [5, 5.41) is 2.09. The molecule has 0 aliphatic heterocycles. The summed E-state index contributed by atoms with van der Waals surface area (Å²) in [6, 6.07) is 7.47. The number of aromatic nitrogens is 1. The van der Waals surface area contributed by atoms with Gasteiger partial charge in [-0.25, -0.2) is 9.38 Å². The maximum absolute atomic E-state index is 6.15. The van der Waals surface area contributed by atoms with Crippen molar-refractivity contribution in [2.24, 2.45) is 4.40 Å². The molecule has 5 heteroatoms. The third kappa shape index (κ3) is 4.10. The fourth-order valence-corrected chi connectivity index (χ4v) is 2.33. The molecule has 0 unspecified atom stereocenters. The maximum Gasteiger partial charge on any atom is 0.138 e. The summed E-state index contributed by atoms with van der Waals surface area (Å²) in [6.45, 7) is 6.32. The molecule has 2 rings (SSSR count). The minimum absolute atomic E-state index is 0.0799. The third-order valence-corrected chi connectivity index (χ3v) is 3.57. The highest BCUT2D eigenvalue weighted by Gasteiger charge is 2.09. The molecule has 19 heavy (non-hydrogen) atoms. The van der Waals surface area contributed by atoms with Gasteiger partial charge in [0.15, 0.2) is 0 Å². The summed E-state index contributed by atoms with van der Waals surface area (Å²) in [4.78, 5) is 4.34. The van der Waals surface area contributed by atoms with Crippen LogP contribution in [0.1, 0.15) is 26.3 Å². The van der Waals surface area contributed by atoms with Crippen LogP contribution in [0, 0.1) is 0 Å². The van der Waals surface area contributed by atoms with Gasteiger partial charge in [0.1, 0.15) is 5.15 Å². The highest BCUT2D eigenvalue weighted by molar-refractivity contribution is 7.99. The van der Waals surface area contributed by atoms with Gasteiger partial charge in [-0.3, -0.25) is 0 Å². The van der Waals surface area contributed by atoms with E-state index in [1.807, 2.05) is 18.2 Å². The van der Waals surface area contributed by atoms with Crippen molar-refractivity contribution in [3.8, 4) is 0 Å². The Balaban J connectivity index is 2.35. The van der Waals surface area contributed by atoms with Crippen molar-refractivity contribution in [2.75, 3.05) is 0 Å². The van der Waals surface area contributed by atoms with Crippen molar-refractivity contribution in [1.29, 1.82) is 0 Å². The number of hydrogen-bond donors (Lipinski definition) is 0. The molecular weight excluding hydrogens is 299 g/mol. The average Bonchev–Trinajstić information content (AvgIpc) is 2.29. The Morgan fingerprint density at radius 1 is 1.21 bits per heavy atom. The normalized spacial score (nSPS) is 12.5. The first kappa shape index (κ1) is 14.6. The summed E-state index contributed by atoms with van der Waals surface area (Å²) < 4.78 is 4.42. The van der Waals surface area contributed by atoms with Crippen LogP contribution in [0.3, 0.4) is 0 Å². The van der Waals surface area contributed by atoms with Crippen LogP contribution in [-0.2, 0) is 0 Å². The molecule has 0 fully saturated rings. The van der Waals surface area contributed by atoms with Crippen molar-refractivity contribution in [2.45, 2.75) is 25.5 Å². The quantitative estimate of drug-likeness (QED) is 0.421. The van der Waals surface area contributed by atoms with Crippen molar-refractivity contribution >= 4 is 52.3 Å². The van der Waals surface area contributed by atoms with E-state index in [-0.39, 0.29) is 4.75 Å². The van der Waals surface area contributed by atoms with Crippen molar-refractivity contribution in [3.63, 3.8) is 0 Å². The molecule has 0 saturated carbocycles. The van der Waals surface area contributed by atoms with Crippen LogP contribution in [0.2, 0.25) is 10.2 Å². The highest BCUT2D eigenvalue weighted by Crippen LogP contribution is 2.26. The zero-order valence-electron chi connectivity index (χ0n) is 10.9. The monoisotopic (exact) mass is 312 g/mol. The molecular formula is C14H14Cl2N2S. The smallest absolute Gasteiger partial charge is 0.138 e. The fraction of sp³-hybridized carbons (Fsp3) is 0.286. The molecule has 2 aromatic rings. The van der Waals surface area contributed by atoms with E-state index < -0.39 is 0 Å². The van der Waals surface area contributed by atoms with Crippen LogP contribution >= 0.6 is 35.1 Å². The lowest BCUT2D eigenvalue weighted by molar-refractivity contribution is 0.804. The number of hydrogen-bond acceptors (Lipinski definition) is 3. The lowest BCUT2D eigenvalue weighted by Gasteiger charge is -2.12. The molecule has 0 amide bonds. The van der Waals surface area contributed by atoms with Crippen molar-refractivity contribution in [3.05, 3.63) is 40.0 Å². The second-order valence-electron chi connectivity index (χ2n) is 5.14. The van der Waals surface area contributed by atoms with E-state index in [9.17, 15) is 0 Å². The Bertz CT molecular complexity index is 633. The minimum Gasteiger partial charge on any atom is -0.235 e. The van der Waals surface area contributed by atoms with Gasteiger partial charge in [0.25, 0.3) is 0 Å². The molecule has 1 aromatic carbocycles. The van der Waals surface area contributed by atoms with Gasteiger partial charge in [0, 0.05) is 26.9 Å². The topological polar surface area (TPSA) is 25.2 Å². The standard InChI is InChI=1S/C14H14Cl2N2S/c1-14(2,3)19-17-8-10-6-9-7-11(15)4-5-12(9)18-13(10)16/h4-8H,1-3H3. The van der Waals surface area contributed by atoms with E-state index >= 15 is 0 Å². The highest BCUT2D eigenvalue weighted by atomic mass is 35.5. The van der Waals surface area contributed by atoms with Crippen LogP contribution in [0.25, 0.3) is 10.9 Å². The first-order chi connectivity index (χ1) is 8.85. The predicted molar refractivity (Wildman–Crippen MR) is 86.7 cm³/mol. The van der Waals surface area contributed by atoms with Crippen LogP contribution in [0.4, 0.5) is 0 Å². The lowest BCUT2D eigenvalue weighted by Crippen LogP contribution is -2.05. The van der Waals surface area contributed by atoms with Crippen LogP contribution in [0.15, 0.2) is 28.7 Å². The largest absolute Gasteiger partial charge is 0.235 e. The van der Waals surface area contributed by atoms with Gasteiger partial charge < -0.3 is 0 Å². The molecule has 1 heterocycles. The van der Waals surface area contributed by atoms with Gasteiger partial charge in [0.2, 0.25) is 0 Å². The third-order valence-electron chi connectivity index (χ3n) is 2.28. The summed E-state index contributed by atoms with van der Waals surface area (Å²) in [6.07, 6.45) is 1.74. The average molecular weight is 313 g/mol. The van der Waals surface area contributed by atoms with Crippen LogP contribution < -0.4 is 0 Å². The summed E-state index contributed by atoms with van der Waals surface area (Å²) in [7, 11) is 0. The predicted octanol–water partition coefficient (Wildman–Crippen LogP) is 5.41. The fourth-order valence-electron chi connectivity index (χ4n) is 1.47. The number of rotatable bonds is 2. The van der Waals surface area contributed by atoms with Crippen LogP contribution in [-0.4, -0.2) is 15.9 Å². The zero-order chi connectivity index (χ0) is 14.0. The second-order valence-corrected chi connectivity index (χ2v) is 7.56. The van der Waals surface area contributed by atoms with Gasteiger partial charge in [-0.15, -0.1) is 0 Å². The van der Waals surface area contributed by atoms with Gasteiger partial charge >= 0.3 is 0 Å². The Hall–Kier alpha value is -0.770. The molecule has 2 nitrogen and oxygen atoms in total. The molecule has 0 aliphatic carbocycles. The molecule has 1 aromatic heterocycles. The molecule has 0 aliphatic rings. The second kappa shape index (κ2) is 5.70. The van der Waals surface area contributed by atoms with Crippen molar-refractivity contribution < 1.29 is 0 Å². The number of benzene rings is 1. The molecule has 100 valence electrons. The zero-order valence-corrected chi connectivity index (χ0v) is 13.3. The first-order valence-electron chi connectivity index (χ1n) is 5.82. The minimum atomic E-state index is 0.0799. The van der Waals surface area contributed by atoms with Crippen molar-refractivity contribution in [1.82, 2.24) is 4.98 Å². The number of nitrogens with zero attached hydrogens (tertiary/aromatic N) is 2. The SMILES string of the molecule is CC(C)(C)SN=Cc1cc2cc(Cl)ccc2nc1Cl. The Kier molecular flexibility index (Phi) is 4.39. The van der Waals surface area contributed by atoms with E-state index in [0.29, 0.717) is 10.2 Å². The lowest BCUT2D eigenvalue weighted by atomic mass is 10.2. The molecule has 0 atom stereocenters. The number of halogens is 2. The Labute approximate surface area is 127 Å². The van der Waals surface area contributed by atoms with Gasteiger partial charge in [0.05, 0.1) is 5.52 Å². The molecule has 0 saturated heterocycles. The van der Waals surface area contributed by atoms with Gasteiger partial charge in [-0.2, -0.15) is 0 Å².